The molecule has 1 fully saturated rings. The maximum Gasteiger partial charge on any atom is 0.0679 e. The quantitative estimate of drug-likeness (QED) is 0.612. The van der Waals surface area contributed by atoms with Crippen LogP contribution in [0.2, 0.25) is 0 Å². The number of aliphatic hydroxyl groups is 1. The van der Waals surface area contributed by atoms with E-state index < -0.39 is 0 Å². The van der Waals surface area contributed by atoms with Crippen LogP contribution >= 0.6 is 0 Å². The molecule has 1 N–H and O–H groups in total. The predicted octanol–water partition coefficient (Wildman–Crippen LogP) is 0.667. The zero-order valence-corrected chi connectivity index (χ0v) is 6.80. The summed E-state index contributed by atoms with van der Waals surface area (Å²) in [5.41, 5.74) is 0. The van der Waals surface area contributed by atoms with Crippen LogP contribution in [-0.2, 0) is 0 Å². The summed E-state index contributed by atoms with van der Waals surface area (Å²) in [4.78, 5) is 2.29. The minimum absolute atomic E-state index is 0.0700. The second-order valence-electron chi connectivity index (χ2n) is 3.38. The molecule has 2 heteroatoms. The fraction of sp³-hybridized carbons (Fsp3) is 0.875. The van der Waals surface area contributed by atoms with Gasteiger partial charge in [0.1, 0.15) is 0 Å². The average Bonchev–Trinajstić information content (AvgIpc) is 2.13. The van der Waals surface area contributed by atoms with Crippen molar-refractivity contribution in [2.24, 2.45) is 0 Å². The Labute approximate surface area is 62.8 Å². The number of likely N-dealkylation sites (tertiary alicyclic amines) is 1. The van der Waals surface area contributed by atoms with E-state index in [2.05, 4.69) is 18.7 Å². The van der Waals surface area contributed by atoms with Gasteiger partial charge in [0.2, 0.25) is 0 Å². The lowest BCUT2D eigenvalue weighted by molar-refractivity contribution is 0.178. The van der Waals surface area contributed by atoms with Crippen LogP contribution in [0.25, 0.3) is 0 Å². The third-order valence-electron chi connectivity index (χ3n) is 1.79. The molecule has 1 rings (SSSR count). The summed E-state index contributed by atoms with van der Waals surface area (Å²) in [5.74, 6) is 1.43. The van der Waals surface area contributed by atoms with Crippen LogP contribution in [0.5, 0.6) is 0 Å². The van der Waals surface area contributed by atoms with Gasteiger partial charge in [-0.15, -0.1) is 0 Å². The van der Waals surface area contributed by atoms with Crippen molar-refractivity contribution in [1.82, 2.24) is 4.90 Å². The molecule has 0 amide bonds. The van der Waals surface area contributed by atoms with Crippen LogP contribution in [0.3, 0.4) is 0 Å². The first-order valence-electron chi connectivity index (χ1n) is 3.88. The Kier molecular flexibility index (Phi) is 2.69. The van der Waals surface area contributed by atoms with E-state index in [-0.39, 0.29) is 6.10 Å². The second-order valence-corrected chi connectivity index (χ2v) is 3.38. The highest BCUT2D eigenvalue weighted by Crippen LogP contribution is 2.10. The topological polar surface area (TPSA) is 23.5 Å². The molecule has 1 heterocycles. The number of nitrogens with zero attached hydrogens (tertiary/aromatic N) is 1. The van der Waals surface area contributed by atoms with Crippen LogP contribution in [0.4, 0.5) is 0 Å². The number of hydrogen-bond acceptors (Lipinski definition) is 2. The van der Waals surface area contributed by atoms with Crippen molar-refractivity contribution in [2.75, 3.05) is 19.6 Å². The van der Waals surface area contributed by atoms with Gasteiger partial charge in [0.25, 0.3) is 0 Å². The molecule has 1 saturated heterocycles. The standard InChI is InChI=1S/C8H16NO/c1-7(2)5-9-4-3-8(10)6-9/h8,10H,3-6H2,1-2H3. The van der Waals surface area contributed by atoms with E-state index in [0.29, 0.717) is 0 Å². The summed E-state index contributed by atoms with van der Waals surface area (Å²) in [6.07, 6.45) is 0.882. The van der Waals surface area contributed by atoms with Gasteiger partial charge < -0.3 is 10.0 Å². The van der Waals surface area contributed by atoms with Gasteiger partial charge in [-0.3, -0.25) is 0 Å². The van der Waals surface area contributed by atoms with E-state index in [1.807, 2.05) is 0 Å². The minimum Gasteiger partial charge on any atom is -0.392 e. The van der Waals surface area contributed by atoms with E-state index in [9.17, 15) is 0 Å². The molecule has 1 atom stereocenters. The second kappa shape index (κ2) is 3.35. The Balaban J connectivity index is 2.18. The first-order valence-corrected chi connectivity index (χ1v) is 3.88. The largest absolute Gasteiger partial charge is 0.392 e. The molecule has 1 unspecified atom stereocenters. The highest BCUT2D eigenvalue weighted by atomic mass is 16.3. The Morgan fingerprint density at radius 3 is 2.70 bits per heavy atom. The van der Waals surface area contributed by atoms with Gasteiger partial charge in [-0.25, -0.2) is 0 Å². The van der Waals surface area contributed by atoms with E-state index >= 15 is 0 Å². The monoisotopic (exact) mass is 142 g/mol. The molecule has 0 aliphatic carbocycles. The zero-order valence-electron chi connectivity index (χ0n) is 6.80. The molecule has 1 aliphatic rings. The van der Waals surface area contributed by atoms with Gasteiger partial charge in [-0.2, -0.15) is 0 Å². The van der Waals surface area contributed by atoms with Crippen LogP contribution in [0.1, 0.15) is 20.3 Å². The highest BCUT2D eigenvalue weighted by Gasteiger charge is 2.19. The summed E-state index contributed by atoms with van der Waals surface area (Å²) in [7, 11) is 0. The minimum atomic E-state index is -0.0700. The lowest BCUT2D eigenvalue weighted by Crippen LogP contribution is -2.25. The van der Waals surface area contributed by atoms with Crippen molar-refractivity contribution in [3.63, 3.8) is 0 Å². The molecular formula is C8H16NO. The third-order valence-corrected chi connectivity index (χ3v) is 1.79. The number of β-amino-alcohol motifs (C(OH)–C–C–N with tert-alkyl or cyclic N) is 1. The molecule has 1 radical (unpaired) electrons. The van der Waals surface area contributed by atoms with Gasteiger partial charge in [0, 0.05) is 19.6 Å². The normalized spacial score (nSPS) is 28.2. The number of aliphatic hydroxyl groups excluding tert-OH is 1. The Bertz CT molecular complexity index is 103. The SMILES string of the molecule is C[C](C)CN1CCC(O)C1. The predicted molar refractivity (Wildman–Crippen MR) is 41.7 cm³/mol. The Morgan fingerprint density at radius 1 is 1.60 bits per heavy atom. The van der Waals surface area contributed by atoms with E-state index in [0.717, 1.165) is 26.1 Å². The number of hydrogen-bond donors (Lipinski definition) is 1. The third kappa shape index (κ3) is 2.27. The molecule has 0 saturated carbocycles. The maximum atomic E-state index is 9.16. The van der Waals surface area contributed by atoms with Gasteiger partial charge in [-0.05, 0) is 12.3 Å². The molecule has 0 aromatic carbocycles. The summed E-state index contributed by atoms with van der Waals surface area (Å²) in [6.45, 7) is 7.24. The van der Waals surface area contributed by atoms with Crippen LogP contribution in [0.15, 0.2) is 0 Å². The summed E-state index contributed by atoms with van der Waals surface area (Å²) in [5, 5.41) is 9.16. The lowest BCUT2D eigenvalue weighted by atomic mass is 10.2. The summed E-state index contributed by atoms with van der Waals surface area (Å²) < 4.78 is 0. The summed E-state index contributed by atoms with van der Waals surface area (Å²) >= 11 is 0. The van der Waals surface area contributed by atoms with Crippen LogP contribution < -0.4 is 0 Å². The molecule has 10 heavy (non-hydrogen) atoms. The Morgan fingerprint density at radius 2 is 2.30 bits per heavy atom. The summed E-state index contributed by atoms with van der Waals surface area (Å²) in [6, 6.07) is 0. The van der Waals surface area contributed by atoms with Gasteiger partial charge in [0.05, 0.1) is 6.10 Å². The number of rotatable bonds is 2. The smallest absolute Gasteiger partial charge is 0.0679 e. The molecule has 0 spiro atoms. The fourth-order valence-corrected chi connectivity index (χ4v) is 1.40. The molecule has 0 aromatic rings. The molecule has 0 bridgehead atoms. The molecule has 59 valence electrons. The van der Waals surface area contributed by atoms with Crippen molar-refractivity contribution in [3.05, 3.63) is 5.92 Å². The van der Waals surface area contributed by atoms with Gasteiger partial charge in [-0.1, -0.05) is 13.8 Å². The molecular weight excluding hydrogens is 126 g/mol. The first kappa shape index (κ1) is 8.02. The maximum absolute atomic E-state index is 9.16. The van der Waals surface area contributed by atoms with Crippen molar-refractivity contribution in [1.29, 1.82) is 0 Å². The van der Waals surface area contributed by atoms with Gasteiger partial charge >= 0.3 is 0 Å². The van der Waals surface area contributed by atoms with Gasteiger partial charge in [0.15, 0.2) is 0 Å². The lowest BCUT2D eigenvalue weighted by Gasteiger charge is -2.16. The van der Waals surface area contributed by atoms with Crippen molar-refractivity contribution in [3.8, 4) is 0 Å². The van der Waals surface area contributed by atoms with Crippen molar-refractivity contribution < 1.29 is 5.11 Å². The first-order chi connectivity index (χ1) is 4.68. The van der Waals surface area contributed by atoms with E-state index in [1.165, 1.54) is 5.92 Å². The van der Waals surface area contributed by atoms with Crippen LogP contribution in [0, 0.1) is 5.92 Å². The van der Waals surface area contributed by atoms with E-state index in [1.54, 1.807) is 0 Å². The average molecular weight is 142 g/mol. The Hall–Kier alpha value is -0.0800. The van der Waals surface area contributed by atoms with Crippen LogP contribution in [-0.4, -0.2) is 35.7 Å². The van der Waals surface area contributed by atoms with E-state index in [4.69, 9.17) is 5.11 Å². The zero-order chi connectivity index (χ0) is 7.56. The molecule has 2 nitrogen and oxygen atoms in total. The van der Waals surface area contributed by atoms with Crippen molar-refractivity contribution >= 4 is 0 Å². The highest BCUT2D eigenvalue weighted by molar-refractivity contribution is 4.85. The molecule has 1 aliphatic heterocycles. The van der Waals surface area contributed by atoms with Crippen molar-refractivity contribution in [2.45, 2.75) is 26.4 Å². The molecule has 0 aromatic heterocycles. The fourth-order valence-electron chi connectivity index (χ4n) is 1.40.